The average Bonchev–Trinajstić information content (AvgIpc) is 3.95. The van der Waals surface area contributed by atoms with Crippen molar-refractivity contribution in [2.24, 2.45) is 23.7 Å². The van der Waals surface area contributed by atoms with Gasteiger partial charge >= 0.3 is 12.1 Å². The molecule has 8 unspecified atom stereocenters. The predicted octanol–water partition coefficient (Wildman–Crippen LogP) is 3.03. The highest BCUT2D eigenvalue weighted by atomic mass is 16.7. The van der Waals surface area contributed by atoms with Gasteiger partial charge in [-0.3, -0.25) is 19.1 Å². The molecule has 0 radical (unpaired) electrons. The molecule has 1 amide bonds. The number of aliphatic hydroxyl groups excluding tert-OH is 2. The van der Waals surface area contributed by atoms with Crippen molar-refractivity contribution in [2.45, 2.75) is 154 Å². The predicted molar refractivity (Wildman–Crippen MR) is 227 cm³/mol. The van der Waals surface area contributed by atoms with Crippen molar-refractivity contribution in [3.8, 4) is 0 Å². The number of para-hydroxylation sites is 1. The number of hydrogen-bond donors (Lipinski definition) is 2. The number of carbonyl (C=O) groups excluding carboxylic acids is 4. The van der Waals surface area contributed by atoms with Gasteiger partial charge in [-0.05, 0) is 79.6 Å². The fraction of sp³-hybridized carbons (Fsp3) is 0.727. The number of benzene rings is 1. The number of amides is 1. The molecule has 14 atom stereocenters. The third-order valence-corrected chi connectivity index (χ3v) is 13.6. The lowest BCUT2D eigenvalue weighted by Crippen LogP contribution is -2.64. The molecule has 348 valence electrons. The van der Waals surface area contributed by atoms with E-state index < -0.39 is 102 Å². The number of unbranched alkanes of at least 4 members (excludes halogenated alkanes) is 1. The summed E-state index contributed by atoms with van der Waals surface area (Å²) in [6.07, 6.45) is -3.91. The molecule has 63 heavy (non-hydrogen) atoms. The molecule has 0 bridgehead atoms. The summed E-state index contributed by atoms with van der Waals surface area (Å²) in [6.45, 7) is 14.6. The molecule has 1 aromatic carbocycles. The van der Waals surface area contributed by atoms with Gasteiger partial charge in [0, 0.05) is 38.0 Å². The van der Waals surface area contributed by atoms with Crippen LogP contribution in [0.4, 0.5) is 4.79 Å². The number of likely N-dealkylation sites (N-methyl/N-ethyl adjacent to an activating group) is 1. The minimum atomic E-state index is -1.45. The molecule has 3 fully saturated rings. The summed E-state index contributed by atoms with van der Waals surface area (Å²) in [7, 11) is 4.89. The average molecular weight is 883 g/mol. The molecule has 0 saturated carbocycles. The van der Waals surface area contributed by atoms with E-state index in [1.807, 2.05) is 30.5 Å². The van der Waals surface area contributed by atoms with E-state index >= 15 is 0 Å². The van der Waals surface area contributed by atoms with Crippen LogP contribution in [0.1, 0.15) is 86.8 Å². The minimum Gasteiger partial charge on any atom is -0.458 e. The van der Waals surface area contributed by atoms with E-state index in [2.05, 4.69) is 20.6 Å². The summed E-state index contributed by atoms with van der Waals surface area (Å²) in [5, 5.41) is 39.4. The lowest BCUT2D eigenvalue weighted by Gasteiger charge is -2.48. The fourth-order valence-electron chi connectivity index (χ4n) is 10.1. The molecular formula is C44H66N8O11. The number of nitrogens with zero attached hydrogens (tertiary/aromatic N) is 8. The van der Waals surface area contributed by atoms with E-state index in [4.69, 9.17) is 23.7 Å². The van der Waals surface area contributed by atoms with Crippen LogP contribution in [0.15, 0.2) is 30.5 Å². The zero-order chi connectivity index (χ0) is 46.1. The van der Waals surface area contributed by atoms with Crippen molar-refractivity contribution < 1.29 is 53.1 Å². The molecule has 3 aliphatic heterocycles. The molecule has 2 N–H and O–H groups in total. The number of Topliss-reactive ketones (excluding diaryl/α,β-unsaturated/α-hetero) is 2. The van der Waals surface area contributed by atoms with Crippen molar-refractivity contribution >= 4 is 34.7 Å². The topological polar surface area (TPSA) is 223 Å². The number of carbonyl (C=O) groups is 4. The first-order chi connectivity index (χ1) is 29.8. The smallest absolute Gasteiger partial charge is 0.410 e. The van der Waals surface area contributed by atoms with Gasteiger partial charge in [-0.1, -0.05) is 50.3 Å². The highest BCUT2D eigenvalue weighted by Gasteiger charge is 2.60. The van der Waals surface area contributed by atoms with Crippen LogP contribution < -0.4 is 0 Å². The van der Waals surface area contributed by atoms with E-state index in [-0.39, 0.29) is 25.2 Å². The fourth-order valence-corrected chi connectivity index (χ4v) is 10.1. The van der Waals surface area contributed by atoms with Crippen LogP contribution in [-0.2, 0) is 51.2 Å². The third kappa shape index (κ3) is 9.54. The van der Waals surface area contributed by atoms with Gasteiger partial charge in [-0.25, -0.2) is 9.48 Å². The first kappa shape index (κ1) is 48.1. The molecule has 19 nitrogen and oxygen atoms in total. The number of rotatable bonds is 12. The highest BCUT2D eigenvalue weighted by Crippen LogP contribution is 2.43. The Morgan fingerprint density at radius 3 is 2.30 bits per heavy atom. The van der Waals surface area contributed by atoms with Crippen LogP contribution >= 0.6 is 0 Å². The Kier molecular flexibility index (Phi) is 14.8. The molecule has 3 saturated heterocycles. The maximum Gasteiger partial charge on any atom is 0.410 e. The van der Waals surface area contributed by atoms with Gasteiger partial charge in [0.25, 0.3) is 0 Å². The molecule has 5 heterocycles. The van der Waals surface area contributed by atoms with E-state index in [9.17, 15) is 29.4 Å². The Bertz CT molecular complexity index is 2100. The molecule has 2 aromatic heterocycles. The van der Waals surface area contributed by atoms with Crippen LogP contribution in [0, 0.1) is 23.7 Å². The number of cyclic esters (lactones) is 1. The molecule has 19 heteroatoms. The largest absolute Gasteiger partial charge is 0.458 e. The maximum absolute atomic E-state index is 14.8. The zero-order valence-electron chi connectivity index (χ0n) is 38.4. The van der Waals surface area contributed by atoms with Gasteiger partial charge < -0.3 is 43.7 Å². The van der Waals surface area contributed by atoms with Crippen molar-refractivity contribution in [1.82, 2.24) is 39.8 Å². The molecule has 6 rings (SSSR count). The quantitative estimate of drug-likeness (QED) is 0.152. The van der Waals surface area contributed by atoms with E-state index in [1.165, 1.54) is 14.0 Å². The van der Waals surface area contributed by atoms with Crippen LogP contribution in [0.2, 0.25) is 0 Å². The maximum atomic E-state index is 14.8. The van der Waals surface area contributed by atoms with Crippen LogP contribution in [0.25, 0.3) is 11.0 Å². The lowest BCUT2D eigenvalue weighted by atomic mass is 9.73. The van der Waals surface area contributed by atoms with Crippen molar-refractivity contribution in [3.05, 3.63) is 36.2 Å². The molecule has 0 spiro atoms. The Morgan fingerprint density at radius 2 is 1.62 bits per heavy atom. The van der Waals surface area contributed by atoms with Crippen molar-refractivity contribution in [1.29, 1.82) is 0 Å². The zero-order valence-corrected chi connectivity index (χ0v) is 38.4. The second kappa shape index (κ2) is 19.4. The number of aromatic nitrogens is 6. The number of esters is 1. The summed E-state index contributed by atoms with van der Waals surface area (Å²) in [4.78, 5) is 60.3. The number of methoxy groups -OCH3 is 1. The number of ketones is 2. The summed E-state index contributed by atoms with van der Waals surface area (Å²) in [5.74, 6) is -5.36. The Balaban J connectivity index is 1.24. The summed E-state index contributed by atoms with van der Waals surface area (Å²) in [6, 6.07) is 6.06. The van der Waals surface area contributed by atoms with Crippen molar-refractivity contribution in [3.63, 3.8) is 0 Å². The standard InChI is InChI=1S/C44H66N8O11/c1-12-32-44(8)38(51(42(58)63-44)20-16-15-19-50-22-29(45-47-50)23-52-31-18-14-13-17-30(31)46-48-52)25(3)34(53)24(2)21-43(7,59-11)39(26(4)35(54)27(5)40(57)61-32)62-41-37(56)33(49(9)10)36(55)28(6)60-41/h13-14,17-18,22,24-28,32-33,36-39,41,55-56H,12,15-16,19-21,23H2,1-11H3/t24-,25+,26?,27?,28?,32?,33?,36?,37?,38-,39-,41?,43+,44-/m1/s1. The van der Waals surface area contributed by atoms with E-state index in [1.54, 1.807) is 81.7 Å². The molecule has 3 aromatic rings. The van der Waals surface area contributed by atoms with E-state index in [0.717, 1.165) is 11.0 Å². The SMILES string of the molecule is CCC1OC(=O)C(C)C(=O)C(C)[C@@H](OC2OC(C)C(O)C(N(C)C)C2O)[C@@](C)(OC)C[C@@H](C)C(=O)[C@H](C)[C@H]2N(CCCCn3cc(Cn4nnc5ccccc54)nn3)C(=O)O[C@]12C. The van der Waals surface area contributed by atoms with Crippen LogP contribution in [0.3, 0.4) is 0 Å². The Hall–Kier alpha value is -4.40. The first-order valence-electron chi connectivity index (χ1n) is 22.1. The molecular weight excluding hydrogens is 817 g/mol. The third-order valence-electron chi connectivity index (χ3n) is 13.6. The number of aliphatic hydroxyl groups is 2. The van der Waals surface area contributed by atoms with Crippen molar-refractivity contribution in [2.75, 3.05) is 27.7 Å². The van der Waals surface area contributed by atoms with E-state index in [0.29, 0.717) is 31.6 Å². The molecule has 3 aliphatic rings. The van der Waals surface area contributed by atoms with Gasteiger partial charge in [0.1, 0.15) is 35.1 Å². The van der Waals surface area contributed by atoms with Gasteiger partial charge in [0.2, 0.25) is 0 Å². The monoisotopic (exact) mass is 882 g/mol. The Morgan fingerprint density at radius 1 is 0.921 bits per heavy atom. The summed E-state index contributed by atoms with van der Waals surface area (Å²) >= 11 is 0. The Labute approximate surface area is 368 Å². The second-order valence-electron chi connectivity index (χ2n) is 18.4. The summed E-state index contributed by atoms with van der Waals surface area (Å²) in [5.41, 5.74) is -0.408. The van der Waals surface area contributed by atoms with Gasteiger partial charge in [-0.15, -0.1) is 10.2 Å². The minimum absolute atomic E-state index is 0.0639. The van der Waals surface area contributed by atoms with Crippen LogP contribution in [-0.4, -0.2) is 161 Å². The summed E-state index contributed by atoms with van der Waals surface area (Å²) < 4.78 is 34.5. The number of fused-ring (bicyclic) bond motifs is 2. The number of hydrogen-bond acceptors (Lipinski definition) is 16. The highest BCUT2D eigenvalue weighted by molar-refractivity contribution is 6.00. The second-order valence-corrected chi connectivity index (χ2v) is 18.4. The first-order valence-corrected chi connectivity index (χ1v) is 22.1. The van der Waals surface area contributed by atoms with Crippen LogP contribution in [0.5, 0.6) is 0 Å². The number of ether oxygens (including phenoxy) is 5. The van der Waals surface area contributed by atoms with Gasteiger partial charge in [0.05, 0.1) is 54.3 Å². The number of aryl methyl sites for hydroxylation is 1. The molecule has 0 aliphatic carbocycles. The van der Waals surface area contributed by atoms with Gasteiger partial charge in [0.15, 0.2) is 17.7 Å². The van der Waals surface area contributed by atoms with Gasteiger partial charge in [-0.2, -0.15) is 0 Å². The lowest BCUT2D eigenvalue weighted by molar-refractivity contribution is -0.313. The normalized spacial score (nSPS) is 36.1.